The molecule has 0 unspecified atom stereocenters. The normalized spacial score (nSPS) is 14.8. The molecule has 0 amide bonds. The summed E-state index contributed by atoms with van der Waals surface area (Å²) in [6.07, 6.45) is 3.73. The molecule has 0 bridgehead atoms. The van der Waals surface area contributed by atoms with Crippen molar-refractivity contribution in [2.24, 2.45) is 0 Å². The van der Waals surface area contributed by atoms with Crippen molar-refractivity contribution in [1.82, 2.24) is 4.57 Å². The van der Waals surface area contributed by atoms with Crippen LogP contribution in [0.2, 0.25) is 0 Å². The van der Waals surface area contributed by atoms with Gasteiger partial charge in [-0.25, -0.2) is 0 Å². The molecule has 1 aliphatic heterocycles. The summed E-state index contributed by atoms with van der Waals surface area (Å²) >= 11 is 9.20. The van der Waals surface area contributed by atoms with Crippen molar-refractivity contribution in [1.29, 1.82) is 0 Å². The third kappa shape index (κ3) is 2.77. The molecule has 0 spiro atoms. The van der Waals surface area contributed by atoms with Crippen LogP contribution in [0.4, 0.5) is 0 Å². The van der Waals surface area contributed by atoms with Gasteiger partial charge in [-0.1, -0.05) is 31.9 Å². The number of thioether (sulfide) groups is 1. The first-order valence-corrected chi connectivity index (χ1v) is 9.81. The first-order valence-electron chi connectivity index (χ1n) is 6.74. The molecule has 0 radical (unpaired) electrons. The van der Waals surface area contributed by atoms with Crippen LogP contribution in [0.3, 0.4) is 0 Å². The van der Waals surface area contributed by atoms with Crippen LogP contribution in [0, 0.1) is 0 Å². The van der Waals surface area contributed by atoms with Crippen molar-refractivity contribution in [3.8, 4) is 0 Å². The van der Waals surface area contributed by atoms with Gasteiger partial charge in [0.15, 0.2) is 0 Å². The lowest BCUT2D eigenvalue weighted by atomic mass is 10.1. The SMILES string of the molecule is BrCCCCn1c2c(c3cc(Br)ccc31)CSCC2. The Morgan fingerprint density at radius 3 is 3.00 bits per heavy atom. The van der Waals surface area contributed by atoms with Crippen LogP contribution >= 0.6 is 43.6 Å². The largest absolute Gasteiger partial charge is 0.344 e. The number of aromatic nitrogens is 1. The Morgan fingerprint density at radius 1 is 1.26 bits per heavy atom. The number of fused-ring (bicyclic) bond motifs is 3. The lowest BCUT2D eigenvalue weighted by Crippen LogP contribution is -2.09. The Hall–Kier alpha value is 0.0700. The zero-order valence-electron chi connectivity index (χ0n) is 10.8. The molecule has 0 fully saturated rings. The van der Waals surface area contributed by atoms with Gasteiger partial charge in [0.2, 0.25) is 0 Å². The predicted molar refractivity (Wildman–Crippen MR) is 92.5 cm³/mol. The molecule has 1 aliphatic rings. The van der Waals surface area contributed by atoms with E-state index >= 15 is 0 Å². The summed E-state index contributed by atoms with van der Waals surface area (Å²) in [6, 6.07) is 6.74. The smallest absolute Gasteiger partial charge is 0.0486 e. The third-order valence-electron chi connectivity index (χ3n) is 3.74. The number of halogens is 2. The summed E-state index contributed by atoms with van der Waals surface area (Å²) in [5.41, 5.74) is 4.58. The van der Waals surface area contributed by atoms with E-state index in [1.807, 2.05) is 0 Å². The number of hydrogen-bond donors (Lipinski definition) is 0. The average molecular weight is 403 g/mol. The van der Waals surface area contributed by atoms with Crippen LogP contribution in [0.5, 0.6) is 0 Å². The molecule has 0 N–H and O–H groups in total. The van der Waals surface area contributed by atoms with E-state index in [0.717, 1.165) is 11.9 Å². The van der Waals surface area contributed by atoms with E-state index in [1.165, 1.54) is 46.1 Å². The van der Waals surface area contributed by atoms with Crippen LogP contribution in [0.15, 0.2) is 22.7 Å². The van der Waals surface area contributed by atoms with Gasteiger partial charge in [-0.05, 0) is 48.8 Å². The van der Waals surface area contributed by atoms with Crippen molar-refractivity contribution >= 4 is 54.5 Å². The molecular formula is C15H17Br2NS. The van der Waals surface area contributed by atoms with Gasteiger partial charge in [0.1, 0.15) is 0 Å². The highest BCUT2D eigenvalue weighted by atomic mass is 79.9. The second kappa shape index (κ2) is 6.23. The Morgan fingerprint density at radius 2 is 2.16 bits per heavy atom. The first-order chi connectivity index (χ1) is 9.31. The van der Waals surface area contributed by atoms with Crippen LogP contribution in [0.1, 0.15) is 24.1 Å². The minimum absolute atomic E-state index is 1.11. The number of unbranched alkanes of at least 4 members (excludes halogenated alkanes) is 1. The van der Waals surface area contributed by atoms with Gasteiger partial charge >= 0.3 is 0 Å². The monoisotopic (exact) mass is 401 g/mol. The summed E-state index contributed by atoms with van der Waals surface area (Å²) < 4.78 is 3.76. The molecule has 1 aromatic carbocycles. The molecule has 3 rings (SSSR count). The fourth-order valence-electron chi connectivity index (χ4n) is 2.86. The summed E-state index contributed by atoms with van der Waals surface area (Å²) in [5.74, 6) is 2.44. The third-order valence-corrected chi connectivity index (χ3v) is 5.78. The second-order valence-electron chi connectivity index (χ2n) is 4.94. The molecule has 102 valence electrons. The molecule has 0 atom stereocenters. The number of benzene rings is 1. The maximum atomic E-state index is 3.61. The highest BCUT2D eigenvalue weighted by molar-refractivity contribution is 9.10. The molecule has 2 heterocycles. The predicted octanol–water partition coefficient (Wildman–Crippen LogP) is 5.37. The first kappa shape index (κ1) is 14.0. The standard InChI is InChI=1S/C15H17Br2NS/c16-6-1-2-7-18-14-4-3-11(17)9-12(14)13-10-19-8-5-15(13)18/h3-4,9H,1-2,5-8,10H2. The summed E-state index contributed by atoms with van der Waals surface area (Å²) in [6.45, 7) is 1.16. The molecule has 4 heteroatoms. The minimum Gasteiger partial charge on any atom is -0.344 e. The topological polar surface area (TPSA) is 4.93 Å². The zero-order chi connectivity index (χ0) is 13.2. The summed E-state index contributed by atoms with van der Waals surface area (Å²) in [4.78, 5) is 0. The molecule has 0 saturated carbocycles. The minimum atomic E-state index is 1.11. The van der Waals surface area contributed by atoms with E-state index in [0.29, 0.717) is 0 Å². The van der Waals surface area contributed by atoms with Gasteiger partial charge in [0.05, 0.1) is 0 Å². The molecule has 19 heavy (non-hydrogen) atoms. The van der Waals surface area contributed by atoms with Gasteiger partial charge in [-0.2, -0.15) is 11.8 Å². The maximum Gasteiger partial charge on any atom is 0.0486 e. The van der Waals surface area contributed by atoms with Crippen molar-refractivity contribution in [3.63, 3.8) is 0 Å². The number of aryl methyl sites for hydroxylation is 1. The van der Waals surface area contributed by atoms with Crippen molar-refractivity contribution in [2.45, 2.75) is 31.6 Å². The lowest BCUT2D eigenvalue weighted by molar-refractivity contribution is 0.630. The van der Waals surface area contributed by atoms with E-state index < -0.39 is 0 Å². The van der Waals surface area contributed by atoms with Crippen LogP contribution in [-0.2, 0) is 18.7 Å². The molecule has 0 aliphatic carbocycles. The van der Waals surface area contributed by atoms with Crippen molar-refractivity contribution in [3.05, 3.63) is 33.9 Å². The summed E-state index contributed by atoms with van der Waals surface area (Å²) in [5, 5.41) is 2.56. The second-order valence-corrected chi connectivity index (χ2v) is 7.75. The fraction of sp³-hybridized carbons (Fsp3) is 0.467. The van der Waals surface area contributed by atoms with Crippen LogP contribution < -0.4 is 0 Å². The van der Waals surface area contributed by atoms with E-state index in [9.17, 15) is 0 Å². The van der Waals surface area contributed by atoms with Gasteiger partial charge in [-0.15, -0.1) is 0 Å². The van der Waals surface area contributed by atoms with Gasteiger partial charge < -0.3 is 4.57 Å². The number of hydrogen-bond acceptors (Lipinski definition) is 1. The molecule has 1 nitrogen and oxygen atoms in total. The maximum absolute atomic E-state index is 3.61. The summed E-state index contributed by atoms with van der Waals surface area (Å²) in [7, 11) is 0. The lowest BCUT2D eigenvalue weighted by Gasteiger charge is -2.15. The van der Waals surface area contributed by atoms with Crippen molar-refractivity contribution < 1.29 is 0 Å². The van der Waals surface area contributed by atoms with Gasteiger partial charge in [0.25, 0.3) is 0 Å². The highest BCUT2D eigenvalue weighted by Crippen LogP contribution is 2.35. The van der Waals surface area contributed by atoms with E-state index in [-0.39, 0.29) is 0 Å². The molecule has 2 aromatic rings. The Labute approximate surface area is 135 Å². The number of alkyl halides is 1. The van der Waals surface area contributed by atoms with Crippen LogP contribution in [-0.4, -0.2) is 15.7 Å². The quantitative estimate of drug-likeness (QED) is 0.491. The van der Waals surface area contributed by atoms with Crippen LogP contribution in [0.25, 0.3) is 10.9 Å². The molecular weight excluding hydrogens is 386 g/mol. The average Bonchev–Trinajstić information content (AvgIpc) is 2.73. The van der Waals surface area contributed by atoms with Gasteiger partial charge in [0, 0.05) is 38.7 Å². The number of nitrogens with zero attached hydrogens (tertiary/aromatic N) is 1. The zero-order valence-corrected chi connectivity index (χ0v) is 14.8. The fourth-order valence-corrected chi connectivity index (χ4v) is 4.62. The van der Waals surface area contributed by atoms with E-state index in [1.54, 1.807) is 11.3 Å². The van der Waals surface area contributed by atoms with E-state index in [4.69, 9.17) is 0 Å². The Kier molecular flexibility index (Phi) is 4.60. The van der Waals surface area contributed by atoms with E-state index in [2.05, 4.69) is 66.4 Å². The highest BCUT2D eigenvalue weighted by Gasteiger charge is 2.19. The Balaban J connectivity index is 2.08. The number of rotatable bonds is 4. The van der Waals surface area contributed by atoms with Crippen molar-refractivity contribution in [2.75, 3.05) is 11.1 Å². The molecule has 0 saturated heterocycles. The Bertz CT molecular complexity index is 591. The molecule has 1 aromatic heterocycles. The van der Waals surface area contributed by atoms with Gasteiger partial charge in [-0.3, -0.25) is 0 Å².